The van der Waals surface area contributed by atoms with E-state index in [9.17, 15) is 4.79 Å². The Bertz CT molecular complexity index is 1120. The Labute approximate surface area is 168 Å². The van der Waals surface area contributed by atoms with Gasteiger partial charge in [0.1, 0.15) is 5.52 Å². The van der Waals surface area contributed by atoms with Gasteiger partial charge in [-0.3, -0.25) is 4.79 Å². The van der Waals surface area contributed by atoms with E-state index in [1.807, 2.05) is 36.4 Å². The minimum atomic E-state index is -0.163. The number of rotatable bonds is 3. The average molecular weight is 475 g/mol. The number of nitrogens with one attached hydrogen (secondary N) is 1. The highest BCUT2D eigenvalue weighted by Gasteiger charge is 2.13. The molecule has 0 radical (unpaired) electrons. The van der Waals surface area contributed by atoms with E-state index in [1.54, 1.807) is 30.3 Å². The molecule has 0 fully saturated rings. The molecule has 0 saturated carbocycles. The number of hydrogen-bond acceptors (Lipinski definition) is 3. The van der Waals surface area contributed by atoms with Gasteiger partial charge in [-0.1, -0.05) is 35.9 Å². The number of benzene rings is 3. The van der Waals surface area contributed by atoms with Crippen LogP contribution < -0.4 is 5.32 Å². The Morgan fingerprint density at radius 3 is 2.62 bits per heavy atom. The van der Waals surface area contributed by atoms with Gasteiger partial charge in [-0.2, -0.15) is 0 Å². The van der Waals surface area contributed by atoms with Crippen molar-refractivity contribution in [2.75, 3.05) is 5.32 Å². The van der Waals surface area contributed by atoms with E-state index < -0.39 is 0 Å². The van der Waals surface area contributed by atoms with Gasteiger partial charge >= 0.3 is 0 Å². The van der Waals surface area contributed by atoms with Crippen molar-refractivity contribution in [3.05, 3.63) is 80.9 Å². The van der Waals surface area contributed by atoms with E-state index in [1.165, 1.54) is 0 Å². The standard InChI is InChI=1S/C20H12ClIN2O2/c21-15-7-3-1-5-13(15)20-24-17-11-12(9-10-18(17)26-20)23-19(25)14-6-2-4-8-16(14)22/h1-11H,(H,23,25). The molecule has 3 aromatic carbocycles. The molecule has 6 heteroatoms. The normalized spacial score (nSPS) is 10.8. The molecule has 1 heterocycles. The molecule has 4 nitrogen and oxygen atoms in total. The second-order valence-electron chi connectivity index (χ2n) is 5.62. The van der Waals surface area contributed by atoms with Gasteiger partial charge in [-0.15, -0.1) is 0 Å². The van der Waals surface area contributed by atoms with Crippen LogP contribution in [0.1, 0.15) is 10.4 Å². The van der Waals surface area contributed by atoms with Gasteiger partial charge in [0.2, 0.25) is 5.89 Å². The summed E-state index contributed by atoms with van der Waals surface area (Å²) in [5, 5.41) is 3.48. The summed E-state index contributed by atoms with van der Waals surface area (Å²) in [7, 11) is 0. The van der Waals surface area contributed by atoms with Crippen molar-refractivity contribution in [2.24, 2.45) is 0 Å². The van der Waals surface area contributed by atoms with Gasteiger partial charge in [0.05, 0.1) is 16.1 Å². The van der Waals surface area contributed by atoms with Gasteiger partial charge in [-0.25, -0.2) is 4.98 Å². The fourth-order valence-electron chi connectivity index (χ4n) is 2.60. The number of nitrogens with zero attached hydrogens (tertiary/aromatic N) is 1. The number of oxazole rings is 1. The molecule has 0 unspecified atom stereocenters. The SMILES string of the molecule is O=C(Nc1ccc2oc(-c3ccccc3Cl)nc2c1)c1ccccc1I. The Morgan fingerprint density at radius 2 is 1.81 bits per heavy atom. The van der Waals surface area contributed by atoms with E-state index in [-0.39, 0.29) is 5.91 Å². The molecule has 1 aromatic heterocycles. The summed E-state index contributed by atoms with van der Waals surface area (Å²) >= 11 is 8.36. The fraction of sp³-hybridized carbons (Fsp3) is 0. The van der Waals surface area contributed by atoms with Crippen LogP contribution in [-0.4, -0.2) is 10.9 Å². The maximum Gasteiger partial charge on any atom is 0.256 e. The maximum atomic E-state index is 12.5. The molecule has 0 spiro atoms. The molecular weight excluding hydrogens is 463 g/mol. The summed E-state index contributed by atoms with van der Waals surface area (Å²) in [6.45, 7) is 0. The molecule has 128 valence electrons. The largest absolute Gasteiger partial charge is 0.436 e. The summed E-state index contributed by atoms with van der Waals surface area (Å²) in [6.07, 6.45) is 0. The molecule has 0 atom stereocenters. The second kappa shape index (κ2) is 7.09. The van der Waals surface area contributed by atoms with E-state index in [2.05, 4.69) is 32.9 Å². The summed E-state index contributed by atoms with van der Waals surface area (Å²) in [5.74, 6) is 0.288. The van der Waals surface area contributed by atoms with Crippen molar-refractivity contribution in [1.82, 2.24) is 4.98 Å². The molecule has 0 aliphatic heterocycles. The van der Waals surface area contributed by atoms with Crippen LogP contribution in [0.25, 0.3) is 22.6 Å². The smallest absolute Gasteiger partial charge is 0.256 e. The highest BCUT2D eigenvalue weighted by molar-refractivity contribution is 14.1. The lowest BCUT2D eigenvalue weighted by Gasteiger charge is -2.06. The van der Waals surface area contributed by atoms with Crippen LogP contribution in [-0.2, 0) is 0 Å². The summed E-state index contributed by atoms with van der Waals surface area (Å²) in [6, 6.07) is 20.2. The Hall–Kier alpha value is -2.38. The van der Waals surface area contributed by atoms with E-state index in [0.717, 1.165) is 9.13 Å². The lowest BCUT2D eigenvalue weighted by molar-refractivity contribution is 0.102. The minimum Gasteiger partial charge on any atom is -0.436 e. The third kappa shape index (κ3) is 3.32. The minimum absolute atomic E-state index is 0.163. The number of aromatic nitrogens is 1. The number of amides is 1. The van der Waals surface area contributed by atoms with Gasteiger partial charge < -0.3 is 9.73 Å². The monoisotopic (exact) mass is 474 g/mol. The van der Waals surface area contributed by atoms with E-state index >= 15 is 0 Å². The van der Waals surface area contributed by atoms with E-state index in [0.29, 0.717) is 33.3 Å². The first-order valence-electron chi connectivity index (χ1n) is 7.83. The zero-order valence-electron chi connectivity index (χ0n) is 13.4. The number of carbonyl (C=O) groups excluding carboxylic acids is 1. The highest BCUT2D eigenvalue weighted by atomic mass is 127. The molecule has 0 aliphatic rings. The molecule has 4 rings (SSSR count). The van der Waals surface area contributed by atoms with Gasteiger partial charge in [0.25, 0.3) is 5.91 Å². The summed E-state index contributed by atoms with van der Waals surface area (Å²) < 4.78 is 6.68. The maximum absolute atomic E-state index is 12.5. The molecule has 0 bridgehead atoms. The van der Waals surface area contributed by atoms with Crippen LogP contribution in [0.15, 0.2) is 71.1 Å². The first-order valence-corrected chi connectivity index (χ1v) is 9.29. The van der Waals surface area contributed by atoms with Crippen LogP contribution in [0.2, 0.25) is 5.02 Å². The van der Waals surface area contributed by atoms with Crippen molar-refractivity contribution in [2.45, 2.75) is 0 Å². The topological polar surface area (TPSA) is 55.1 Å². The average Bonchev–Trinajstić information content (AvgIpc) is 3.05. The lowest BCUT2D eigenvalue weighted by Crippen LogP contribution is -2.13. The van der Waals surface area contributed by atoms with Gasteiger partial charge in [0, 0.05) is 9.26 Å². The zero-order chi connectivity index (χ0) is 18.1. The zero-order valence-corrected chi connectivity index (χ0v) is 16.3. The van der Waals surface area contributed by atoms with Crippen LogP contribution >= 0.6 is 34.2 Å². The van der Waals surface area contributed by atoms with Crippen LogP contribution in [0.3, 0.4) is 0 Å². The quantitative estimate of drug-likeness (QED) is 0.370. The molecule has 26 heavy (non-hydrogen) atoms. The van der Waals surface area contributed by atoms with Crippen molar-refractivity contribution in [1.29, 1.82) is 0 Å². The fourth-order valence-corrected chi connectivity index (χ4v) is 3.45. The molecule has 0 saturated heterocycles. The molecule has 1 N–H and O–H groups in total. The van der Waals surface area contributed by atoms with Crippen molar-refractivity contribution >= 4 is 56.9 Å². The van der Waals surface area contributed by atoms with Crippen molar-refractivity contribution < 1.29 is 9.21 Å². The second-order valence-corrected chi connectivity index (χ2v) is 7.18. The predicted molar refractivity (Wildman–Crippen MR) is 112 cm³/mol. The first-order chi connectivity index (χ1) is 12.6. The number of carbonyl (C=O) groups is 1. The van der Waals surface area contributed by atoms with Crippen molar-refractivity contribution in [3.63, 3.8) is 0 Å². The first kappa shape index (κ1) is 17.1. The van der Waals surface area contributed by atoms with Crippen molar-refractivity contribution in [3.8, 4) is 11.5 Å². The Balaban J connectivity index is 1.65. The molecule has 0 aliphatic carbocycles. The highest BCUT2D eigenvalue weighted by Crippen LogP contribution is 2.30. The lowest BCUT2D eigenvalue weighted by atomic mass is 10.2. The number of halogens is 2. The predicted octanol–water partition coefficient (Wildman–Crippen LogP) is 6.01. The molecule has 1 amide bonds. The van der Waals surface area contributed by atoms with Crippen LogP contribution in [0, 0.1) is 3.57 Å². The molecule has 4 aromatic rings. The Morgan fingerprint density at radius 1 is 1.04 bits per heavy atom. The summed E-state index contributed by atoms with van der Waals surface area (Å²) in [5.41, 5.74) is 3.30. The third-order valence-electron chi connectivity index (χ3n) is 3.87. The third-order valence-corrected chi connectivity index (χ3v) is 5.14. The number of fused-ring (bicyclic) bond motifs is 1. The Kier molecular flexibility index (Phi) is 4.65. The van der Waals surface area contributed by atoms with Gasteiger partial charge in [-0.05, 0) is 65.1 Å². The summed E-state index contributed by atoms with van der Waals surface area (Å²) in [4.78, 5) is 17.0. The van der Waals surface area contributed by atoms with Gasteiger partial charge in [0.15, 0.2) is 5.58 Å². The molecular formula is C20H12ClIN2O2. The number of anilines is 1. The van der Waals surface area contributed by atoms with Crippen LogP contribution in [0.5, 0.6) is 0 Å². The van der Waals surface area contributed by atoms with E-state index in [4.69, 9.17) is 16.0 Å². The number of hydrogen-bond donors (Lipinski definition) is 1. The van der Waals surface area contributed by atoms with Crippen LogP contribution in [0.4, 0.5) is 5.69 Å².